The van der Waals surface area contributed by atoms with Gasteiger partial charge < -0.3 is 9.31 Å². The molecular weight excluding hydrogens is 261 g/mol. The molecule has 3 saturated carbocycles. The first-order valence-electron chi connectivity index (χ1n) is 7.80. The minimum Gasteiger partial charge on any atom is -0.403 e. The zero-order valence-corrected chi connectivity index (χ0v) is 12.8. The lowest BCUT2D eigenvalue weighted by atomic mass is 9.61. The van der Waals surface area contributed by atoms with Gasteiger partial charge in [0, 0.05) is 10.8 Å². The third-order valence-electron chi connectivity index (χ3n) is 6.91. The maximum Gasteiger partial charge on any atom is 0.458 e. The molecule has 0 unspecified atom stereocenters. The second-order valence-corrected chi connectivity index (χ2v) is 8.43. The quantitative estimate of drug-likeness (QED) is 0.716. The Kier molecular flexibility index (Phi) is 2.21. The van der Waals surface area contributed by atoms with Crippen LogP contribution >= 0.6 is 0 Å². The summed E-state index contributed by atoms with van der Waals surface area (Å²) in [7, 11) is -0.232. The molecule has 5 heteroatoms. The number of halogens is 2. The van der Waals surface area contributed by atoms with E-state index >= 15 is 0 Å². The summed E-state index contributed by atoms with van der Waals surface area (Å²) >= 11 is 0. The van der Waals surface area contributed by atoms with Crippen molar-refractivity contribution < 1.29 is 18.1 Å². The third-order valence-corrected chi connectivity index (χ3v) is 6.91. The van der Waals surface area contributed by atoms with Gasteiger partial charge in [-0.05, 0) is 65.6 Å². The Bertz CT molecular complexity index is 442. The van der Waals surface area contributed by atoms with Crippen molar-refractivity contribution in [1.82, 2.24) is 0 Å². The average Bonchev–Trinajstić information content (AvgIpc) is 3.05. The highest BCUT2D eigenvalue weighted by atomic mass is 19.3. The van der Waals surface area contributed by atoms with Crippen molar-refractivity contribution >= 4 is 7.12 Å². The SMILES string of the molecule is CC1(C)OB(CC2CC3(C2)C(F)(F)C32CC2)OC1(C)C. The van der Waals surface area contributed by atoms with Gasteiger partial charge in [-0.2, -0.15) is 0 Å². The molecule has 0 N–H and O–H groups in total. The molecule has 0 aromatic heterocycles. The fourth-order valence-electron chi connectivity index (χ4n) is 4.73. The van der Waals surface area contributed by atoms with Crippen LogP contribution in [0, 0.1) is 16.7 Å². The lowest BCUT2D eigenvalue weighted by molar-refractivity contribution is 0.00414. The highest BCUT2D eigenvalue weighted by Gasteiger charge is 2.97. The van der Waals surface area contributed by atoms with Crippen LogP contribution in [0.15, 0.2) is 0 Å². The predicted molar refractivity (Wildman–Crippen MR) is 72.7 cm³/mol. The van der Waals surface area contributed by atoms with E-state index in [4.69, 9.17) is 9.31 Å². The Morgan fingerprint density at radius 3 is 1.85 bits per heavy atom. The molecule has 4 rings (SSSR count). The van der Waals surface area contributed by atoms with Crippen molar-refractivity contribution in [2.75, 3.05) is 0 Å². The number of hydrogen-bond acceptors (Lipinski definition) is 2. The second kappa shape index (κ2) is 3.27. The molecule has 0 bridgehead atoms. The van der Waals surface area contributed by atoms with E-state index < -0.39 is 16.8 Å². The van der Waals surface area contributed by atoms with Gasteiger partial charge >= 0.3 is 7.12 Å². The van der Waals surface area contributed by atoms with E-state index in [0.29, 0.717) is 18.8 Å². The minimum atomic E-state index is -2.38. The van der Waals surface area contributed by atoms with Crippen molar-refractivity contribution in [3.8, 4) is 0 Å². The molecule has 0 radical (unpaired) electrons. The minimum absolute atomic E-state index is 0.232. The van der Waals surface area contributed by atoms with Crippen molar-refractivity contribution in [1.29, 1.82) is 0 Å². The first-order valence-corrected chi connectivity index (χ1v) is 7.80. The van der Waals surface area contributed by atoms with Crippen molar-refractivity contribution in [2.45, 2.75) is 76.8 Å². The Morgan fingerprint density at radius 2 is 1.45 bits per heavy atom. The summed E-state index contributed by atoms with van der Waals surface area (Å²) in [4.78, 5) is 0. The van der Waals surface area contributed by atoms with Gasteiger partial charge in [0.25, 0.3) is 5.92 Å². The van der Waals surface area contributed by atoms with Crippen LogP contribution in [0.2, 0.25) is 6.32 Å². The van der Waals surface area contributed by atoms with E-state index in [-0.39, 0.29) is 18.3 Å². The summed E-state index contributed by atoms with van der Waals surface area (Å²) in [6.45, 7) is 8.12. The van der Waals surface area contributed by atoms with Gasteiger partial charge in [-0.25, -0.2) is 8.78 Å². The molecular formula is C15H23BF2O2. The zero-order chi connectivity index (χ0) is 14.6. The van der Waals surface area contributed by atoms with E-state index in [1.807, 2.05) is 27.7 Å². The molecule has 0 aromatic rings. The molecule has 20 heavy (non-hydrogen) atoms. The zero-order valence-electron chi connectivity index (χ0n) is 12.8. The molecule has 1 heterocycles. The first kappa shape index (κ1) is 13.5. The third kappa shape index (κ3) is 1.28. The fraction of sp³-hybridized carbons (Fsp3) is 1.00. The number of alkyl halides is 2. The largest absolute Gasteiger partial charge is 0.458 e. The van der Waals surface area contributed by atoms with Crippen LogP contribution in [0.3, 0.4) is 0 Å². The van der Waals surface area contributed by atoms with E-state index in [2.05, 4.69) is 0 Å². The molecule has 4 fully saturated rings. The molecule has 2 nitrogen and oxygen atoms in total. The van der Waals surface area contributed by atoms with Crippen LogP contribution in [0.25, 0.3) is 0 Å². The normalized spacial score (nSPS) is 44.7. The van der Waals surface area contributed by atoms with Gasteiger partial charge in [-0.1, -0.05) is 0 Å². The van der Waals surface area contributed by atoms with Crippen molar-refractivity contribution in [2.24, 2.45) is 16.7 Å². The molecule has 3 aliphatic carbocycles. The smallest absolute Gasteiger partial charge is 0.403 e. The highest BCUT2D eigenvalue weighted by molar-refractivity contribution is 6.45. The van der Waals surface area contributed by atoms with Crippen molar-refractivity contribution in [3.05, 3.63) is 0 Å². The summed E-state index contributed by atoms with van der Waals surface area (Å²) in [5.74, 6) is -2.04. The summed E-state index contributed by atoms with van der Waals surface area (Å²) in [6, 6.07) is 0. The Hall–Kier alpha value is -0.155. The maximum absolute atomic E-state index is 13.9. The van der Waals surface area contributed by atoms with Crippen LogP contribution in [0.1, 0.15) is 53.4 Å². The van der Waals surface area contributed by atoms with E-state index in [9.17, 15) is 8.78 Å². The Morgan fingerprint density at radius 1 is 0.950 bits per heavy atom. The molecule has 0 atom stereocenters. The topological polar surface area (TPSA) is 18.5 Å². The second-order valence-electron chi connectivity index (χ2n) is 8.43. The van der Waals surface area contributed by atoms with Crippen LogP contribution < -0.4 is 0 Å². The molecule has 4 aliphatic rings. The number of rotatable bonds is 2. The molecule has 2 spiro atoms. The van der Waals surface area contributed by atoms with E-state index in [1.165, 1.54) is 0 Å². The molecule has 1 saturated heterocycles. The maximum atomic E-state index is 13.9. The standard InChI is InChI=1S/C15H23BF2O2/c1-11(2)12(3,4)20-16(19-11)9-10-7-14(8-10)13(5-6-13)15(14,17)18/h10H,5-9H2,1-4H3. The fourth-order valence-corrected chi connectivity index (χ4v) is 4.73. The monoisotopic (exact) mass is 284 g/mol. The highest BCUT2D eigenvalue weighted by Crippen LogP contribution is 2.93. The first-order chi connectivity index (χ1) is 9.07. The van der Waals surface area contributed by atoms with Gasteiger partial charge in [0.1, 0.15) is 0 Å². The van der Waals surface area contributed by atoms with Crippen LogP contribution in [0.5, 0.6) is 0 Å². The van der Waals surface area contributed by atoms with Crippen molar-refractivity contribution in [3.63, 3.8) is 0 Å². The summed E-state index contributed by atoms with van der Waals surface area (Å²) in [5.41, 5.74) is -1.85. The van der Waals surface area contributed by atoms with Gasteiger partial charge in [0.2, 0.25) is 0 Å². The van der Waals surface area contributed by atoms with Crippen LogP contribution in [0.4, 0.5) is 8.78 Å². The Balaban J connectivity index is 1.36. The number of hydrogen-bond donors (Lipinski definition) is 0. The van der Waals surface area contributed by atoms with Crippen LogP contribution in [-0.4, -0.2) is 24.2 Å². The lowest BCUT2D eigenvalue weighted by Crippen LogP contribution is -2.41. The Labute approximate surface area is 119 Å². The van der Waals surface area contributed by atoms with E-state index in [1.54, 1.807) is 0 Å². The van der Waals surface area contributed by atoms with Gasteiger partial charge in [0.15, 0.2) is 0 Å². The molecule has 0 amide bonds. The van der Waals surface area contributed by atoms with Gasteiger partial charge in [-0.15, -0.1) is 0 Å². The van der Waals surface area contributed by atoms with Gasteiger partial charge in [0.05, 0.1) is 11.2 Å². The summed E-state index contributed by atoms with van der Waals surface area (Å²) in [5, 5.41) is 0. The predicted octanol–water partition coefficient (Wildman–Crippen LogP) is 3.90. The van der Waals surface area contributed by atoms with Crippen LogP contribution in [-0.2, 0) is 9.31 Å². The number of fused-ring (bicyclic) bond motifs is 1. The average molecular weight is 284 g/mol. The lowest BCUT2D eigenvalue weighted by Gasteiger charge is -2.37. The molecule has 0 aromatic carbocycles. The van der Waals surface area contributed by atoms with E-state index in [0.717, 1.165) is 19.2 Å². The summed E-state index contributed by atoms with van der Waals surface area (Å²) < 4.78 is 39.8. The molecule has 1 aliphatic heterocycles. The molecule has 112 valence electrons. The van der Waals surface area contributed by atoms with Gasteiger partial charge in [-0.3, -0.25) is 0 Å². The summed E-state index contributed by atoms with van der Waals surface area (Å²) in [6.07, 6.45) is 3.58.